The van der Waals surface area contributed by atoms with Gasteiger partial charge in [0, 0.05) is 0 Å². The van der Waals surface area contributed by atoms with Crippen LogP contribution in [0.25, 0.3) is 11.0 Å². The van der Waals surface area contributed by atoms with Gasteiger partial charge in [0.15, 0.2) is 11.5 Å². The number of esters is 1. The van der Waals surface area contributed by atoms with Gasteiger partial charge in [0.05, 0.1) is 31.1 Å². The average molecular weight is 368 g/mol. The fourth-order valence-corrected chi connectivity index (χ4v) is 3.42. The molecule has 0 unspecified atom stereocenters. The lowest BCUT2D eigenvalue weighted by molar-refractivity contribution is -0.148. The second-order valence-electron chi connectivity index (χ2n) is 6.10. The molecule has 1 aliphatic rings. The number of carbonyl (C=O) groups excluding carboxylic acids is 1. The fraction of sp³-hybridized carbons (Fsp3) is 0.200. The highest BCUT2D eigenvalue weighted by molar-refractivity contribution is 5.88. The van der Waals surface area contributed by atoms with Crippen LogP contribution in [0.15, 0.2) is 51.7 Å². The van der Waals surface area contributed by atoms with Crippen molar-refractivity contribution < 1.29 is 28.5 Å². The normalized spacial score (nSPS) is 18.0. The van der Waals surface area contributed by atoms with Crippen LogP contribution in [0, 0.1) is 0 Å². The Balaban J connectivity index is 1.97. The molecule has 1 aliphatic heterocycles. The lowest BCUT2D eigenvalue weighted by Crippen LogP contribution is -2.31. The van der Waals surface area contributed by atoms with Crippen LogP contribution in [0.4, 0.5) is 0 Å². The SMILES string of the molecule is COC(=O)[C@H]1Oc2c(c(=O)oc3ccccc23)[C@H]1c1ccc(OC)c(O)c1. The maximum absolute atomic E-state index is 12.7. The number of hydrogen-bond donors (Lipinski definition) is 1. The summed E-state index contributed by atoms with van der Waals surface area (Å²) in [6.45, 7) is 0. The first-order chi connectivity index (χ1) is 13.0. The van der Waals surface area contributed by atoms with Gasteiger partial charge in [-0.15, -0.1) is 0 Å². The van der Waals surface area contributed by atoms with Gasteiger partial charge in [-0.05, 0) is 29.8 Å². The second-order valence-corrected chi connectivity index (χ2v) is 6.10. The molecule has 0 saturated carbocycles. The number of phenols is 1. The van der Waals surface area contributed by atoms with E-state index < -0.39 is 23.6 Å². The molecule has 0 amide bonds. The number of rotatable bonds is 3. The molecule has 0 bridgehead atoms. The third-order valence-corrected chi connectivity index (χ3v) is 4.65. The monoisotopic (exact) mass is 368 g/mol. The predicted octanol–water partition coefficient (Wildman–Crippen LogP) is 2.57. The van der Waals surface area contributed by atoms with Crippen molar-refractivity contribution in [2.45, 2.75) is 12.0 Å². The summed E-state index contributed by atoms with van der Waals surface area (Å²) in [5, 5.41) is 10.7. The van der Waals surface area contributed by atoms with Crippen LogP contribution in [-0.4, -0.2) is 31.4 Å². The Morgan fingerprint density at radius 3 is 2.63 bits per heavy atom. The van der Waals surface area contributed by atoms with Crippen molar-refractivity contribution in [1.82, 2.24) is 0 Å². The number of methoxy groups -OCH3 is 2. The molecule has 0 aliphatic carbocycles. The van der Waals surface area contributed by atoms with Gasteiger partial charge in [-0.3, -0.25) is 0 Å². The van der Waals surface area contributed by atoms with Gasteiger partial charge < -0.3 is 23.7 Å². The van der Waals surface area contributed by atoms with Gasteiger partial charge >= 0.3 is 11.6 Å². The van der Waals surface area contributed by atoms with E-state index in [4.69, 9.17) is 18.6 Å². The minimum Gasteiger partial charge on any atom is -0.504 e. The number of para-hydroxylation sites is 1. The number of ether oxygens (including phenoxy) is 3. The van der Waals surface area contributed by atoms with E-state index in [0.717, 1.165) is 0 Å². The predicted molar refractivity (Wildman–Crippen MR) is 95.4 cm³/mol. The largest absolute Gasteiger partial charge is 0.504 e. The van der Waals surface area contributed by atoms with Crippen LogP contribution in [0.1, 0.15) is 17.0 Å². The van der Waals surface area contributed by atoms with E-state index in [2.05, 4.69) is 0 Å². The molecule has 2 aromatic carbocycles. The van der Waals surface area contributed by atoms with Gasteiger partial charge in [0.2, 0.25) is 6.10 Å². The first kappa shape index (κ1) is 17.0. The molecule has 7 nitrogen and oxygen atoms in total. The third-order valence-electron chi connectivity index (χ3n) is 4.65. The highest BCUT2D eigenvalue weighted by Gasteiger charge is 2.45. The summed E-state index contributed by atoms with van der Waals surface area (Å²) >= 11 is 0. The molecule has 4 rings (SSSR count). The van der Waals surface area contributed by atoms with Gasteiger partial charge in [-0.2, -0.15) is 0 Å². The van der Waals surface area contributed by atoms with Crippen LogP contribution in [-0.2, 0) is 9.53 Å². The molecule has 2 heterocycles. The van der Waals surface area contributed by atoms with Gasteiger partial charge in [0.25, 0.3) is 0 Å². The number of benzene rings is 2. The van der Waals surface area contributed by atoms with Crippen LogP contribution >= 0.6 is 0 Å². The molecule has 1 N–H and O–H groups in total. The maximum atomic E-state index is 12.7. The second kappa shape index (κ2) is 6.35. The van der Waals surface area contributed by atoms with E-state index in [-0.39, 0.29) is 22.8 Å². The van der Waals surface area contributed by atoms with Crippen LogP contribution in [0.2, 0.25) is 0 Å². The van der Waals surface area contributed by atoms with Crippen molar-refractivity contribution in [1.29, 1.82) is 0 Å². The maximum Gasteiger partial charge on any atom is 0.348 e. The van der Waals surface area contributed by atoms with E-state index in [1.165, 1.54) is 20.3 Å². The number of hydrogen-bond acceptors (Lipinski definition) is 7. The summed E-state index contributed by atoms with van der Waals surface area (Å²) in [7, 11) is 2.68. The van der Waals surface area contributed by atoms with Crippen molar-refractivity contribution in [3.05, 3.63) is 64.0 Å². The molecule has 2 atom stereocenters. The Hall–Kier alpha value is -3.48. The van der Waals surface area contributed by atoms with Gasteiger partial charge in [0.1, 0.15) is 11.3 Å². The highest BCUT2D eigenvalue weighted by Crippen LogP contribution is 2.45. The Kier molecular flexibility index (Phi) is 3.99. The Labute approximate surface area is 153 Å². The lowest BCUT2D eigenvalue weighted by atomic mass is 9.88. The van der Waals surface area contributed by atoms with Crippen LogP contribution < -0.4 is 15.1 Å². The third kappa shape index (κ3) is 2.59. The quantitative estimate of drug-likeness (QED) is 0.561. The summed E-state index contributed by atoms with van der Waals surface area (Å²) in [6, 6.07) is 11.6. The minimum absolute atomic E-state index is 0.114. The van der Waals surface area contributed by atoms with E-state index in [1.54, 1.807) is 36.4 Å². The summed E-state index contributed by atoms with van der Waals surface area (Å²) in [6.07, 6.45) is -1.08. The summed E-state index contributed by atoms with van der Waals surface area (Å²) in [4.78, 5) is 25.0. The van der Waals surface area contributed by atoms with E-state index >= 15 is 0 Å². The molecule has 0 radical (unpaired) electrons. The number of aromatic hydroxyl groups is 1. The first-order valence-corrected chi connectivity index (χ1v) is 8.22. The molecule has 27 heavy (non-hydrogen) atoms. The zero-order valence-corrected chi connectivity index (χ0v) is 14.6. The van der Waals surface area contributed by atoms with Gasteiger partial charge in [-0.1, -0.05) is 18.2 Å². The van der Waals surface area contributed by atoms with E-state index in [0.29, 0.717) is 16.5 Å². The molecule has 7 heteroatoms. The van der Waals surface area contributed by atoms with Crippen molar-refractivity contribution in [3.8, 4) is 17.2 Å². The highest BCUT2D eigenvalue weighted by atomic mass is 16.6. The van der Waals surface area contributed by atoms with Gasteiger partial charge in [-0.25, -0.2) is 9.59 Å². The Bertz CT molecular complexity index is 1100. The smallest absolute Gasteiger partial charge is 0.348 e. The zero-order valence-electron chi connectivity index (χ0n) is 14.6. The van der Waals surface area contributed by atoms with E-state index in [9.17, 15) is 14.7 Å². The first-order valence-electron chi connectivity index (χ1n) is 8.22. The minimum atomic E-state index is -1.08. The summed E-state index contributed by atoms with van der Waals surface area (Å²) in [5.41, 5.74) is 0.484. The van der Waals surface area contributed by atoms with Crippen molar-refractivity contribution in [2.24, 2.45) is 0 Å². The zero-order chi connectivity index (χ0) is 19.1. The van der Waals surface area contributed by atoms with Crippen molar-refractivity contribution in [2.75, 3.05) is 14.2 Å². The van der Waals surface area contributed by atoms with Crippen LogP contribution in [0.5, 0.6) is 17.2 Å². The number of carbonyl (C=O) groups is 1. The standard InChI is InChI=1S/C20H16O7/c1-24-14-8-7-10(9-12(14)21)15-16-17(27-18(15)20(23)25-2)11-5-3-4-6-13(11)26-19(16)22/h3-9,15,18,21H,1-2H3/t15-,18+/m1/s1. The van der Waals surface area contributed by atoms with E-state index in [1.807, 2.05) is 0 Å². The summed E-state index contributed by atoms with van der Waals surface area (Å²) < 4.78 is 21.2. The molecule has 0 spiro atoms. The molecular formula is C20H16O7. The number of phenolic OH excluding ortho intramolecular Hbond substituents is 1. The molecule has 3 aromatic rings. The number of fused-ring (bicyclic) bond motifs is 3. The van der Waals surface area contributed by atoms with Crippen molar-refractivity contribution in [3.63, 3.8) is 0 Å². The Morgan fingerprint density at radius 2 is 1.93 bits per heavy atom. The molecule has 0 fully saturated rings. The van der Waals surface area contributed by atoms with Crippen molar-refractivity contribution >= 4 is 16.9 Å². The van der Waals surface area contributed by atoms with Crippen LogP contribution in [0.3, 0.4) is 0 Å². The Morgan fingerprint density at radius 1 is 1.15 bits per heavy atom. The average Bonchev–Trinajstić information content (AvgIpc) is 3.09. The fourth-order valence-electron chi connectivity index (χ4n) is 3.42. The lowest BCUT2D eigenvalue weighted by Gasteiger charge is -2.17. The molecule has 1 aromatic heterocycles. The topological polar surface area (TPSA) is 95.2 Å². The molecule has 0 saturated heterocycles. The molecular weight excluding hydrogens is 352 g/mol. The molecule has 138 valence electrons. The summed E-state index contributed by atoms with van der Waals surface area (Å²) in [5.74, 6) is -0.965.